The van der Waals surface area contributed by atoms with Gasteiger partial charge in [0.2, 0.25) is 0 Å². The summed E-state index contributed by atoms with van der Waals surface area (Å²) >= 11 is 0. The molecular weight excluding hydrogens is 341 g/mol. The highest BCUT2D eigenvalue weighted by atomic mass is 19.1. The second-order valence-electron chi connectivity index (χ2n) is 6.52. The number of carboxylic acid groups (broad SMARTS) is 1. The van der Waals surface area contributed by atoms with Crippen LogP contribution in [0.25, 0.3) is 5.69 Å². The van der Waals surface area contributed by atoms with Crippen molar-refractivity contribution in [3.05, 3.63) is 47.0 Å². The summed E-state index contributed by atoms with van der Waals surface area (Å²) in [6.45, 7) is 1.18. The van der Waals surface area contributed by atoms with Crippen LogP contribution in [0.2, 0.25) is 0 Å². The van der Waals surface area contributed by atoms with Crippen LogP contribution in [0.1, 0.15) is 35.1 Å². The van der Waals surface area contributed by atoms with Crippen LogP contribution in [-0.2, 0) is 22.4 Å². The molecule has 0 spiro atoms. The van der Waals surface area contributed by atoms with Gasteiger partial charge < -0.3 is 15.2 Å². The Kier molecular flexibility index (Phi) is 4.78. The first-order chi connectivity index (χ1) is 12.4. The lowest BCUT2D eigenvalue weighted by Gasteiger charge is -2.24. The lowest BCUT2D eigenvalue weighted by molar-refractivity contribution is -0.145. The van der Waals surface area contributed by atoms with Gasteiger partial charge in [0.1, 0.15) is 11.5 Å². The summed E-state index contributed by atoms with van der Waals surface area (Å²) < 4.78 is 20.5. The molecule has 1 aromatic heterocycles. The molecule has 2 aromatic rings. The first-order valence-electron chi connectivity index (χ1n) is 8.28. The van der Waals surface area contributed by atoms with Gasteiger partial charge >= 0.3 is 5.97 Å². The molecule has 1 heterocycles. The predicted octanol–water partition coefficient (Wildman–Crippen LogP) is 1.72. The predicted molar refractivity (Wildman–Crippen MR) is 90.9 cm³/mol. The maximum atomic E-state index is 14.2. The normalized spacial score (nSPS) is 15.3. The summed E-state index contributed by atoms with van der Waals surface area (Å²) in [4.78, 5) is 24.2. The number of hydrogen-bond donors (Lipinski definition) is 2. The number of aromatic nitrogens is 2. The maximum absolute atomic E-state index is 14.2. The van der Waals surface area contributed by atoms with Crippen molar-refractivity contribution in [1.29, 1.82) is 0 Å². The molecule has 138 valence electrons. The van der Waals surface area contributed by atoms with E-state index in [9.17, 15) is 19.1 Å². The molecule has 0 fully saturated rings. The molecule has 0 aliphatic heterocycles. The number of amides is 1. The number of fused-ring (bicyclic) bond motifs is 1. The number of carbonyl (C=O) groups is 2. The van der Waals surface area contributed by atoms with E-state index < -0.39 is 23.2 Å². The number of halogens is 1. The Bertz CT molecular complexity index is 864. The minimum atomic E-state index is -1.58. The number of benzene rings is 1. The highest BCUT2D eigenvalue weighted by Gasteiger charge is 2.37. The number of carbonyl (C=O) groups excluding carboxylic acids is 1. The third-order valence-electron chi connectivity index (χ3n) is 4.52. The fourth-order valence-corrected chi connectivity index (χ4v) is 3.19. The average molecular weight is 361 g/mol. The molecule has 1 amide bonds. The Morgan fingerprint density at radius 1 is 1.38 bits per heavy atom. The fraction of sp³-hybridized carbons (Fsp3) is 0.389. The molecule has 7 nitrogen and oxygen atoms in total. The first kappa shape index (κ1) is 18.1. The first-order valence-corrected chi connectivity index (χ1v) is 8.28. The number of methoxy groups -OCH3 is 1. The average Bonchev–Trinajstić information content (AvgIpc) is 3.18. The van der Waals surface area contributed by atoms with E-state index >= 15 is 0 Å². The van der Waals surface area contributed by atoms with Gasteiger partial charge in [-0.05, 0) is 38.3 Å². The summed E-state index contributed by atoms with van der Waals surface area (Å²) in [6.07, 6.45) is 2.15. The van der Waals surface area contributed by atoms with Gasteiger partial charge in [-0.3, -0.25) is 4.79 Å². The zero-order valence-electron chi connectivity index (χ0n) is 14.6. The largest absolute Gasteiger partial charge is 0.479 e. The number of nitrogens with one attached hydrogen (secondary N) is 1. The SMILES string of the molecule is COCC(C)(NC(=O)c1nn(-c2ccccc2F)c2c1CCC2)C(=O)O. The molecular formula is C18H20FN3O4. The molecule has 26 heavy (non-hydrogen) atoms. The molecule has 0 bridgehead atoms. The van der Waals surface area contributed by atoms with Crippen molar-refractivity contribution >= 4 is 11.9 Å². The van der Waals surface area contributed by atoms with Crippen molar-refractivity contribution in [2.45, 2.75) is 31.7 Å². The molecule has 3 rings (SSSR count). The summed E-state index contributed by atoms with van der Waals surface area (Å²) in [5, 5.41) is 16.2. The summed E-state index contributed by atoms with van der Waals surface area (Å²) in [7, 11) is 1.36. The third kappa shape index (κ3) is 3.08. The van der Waals surface area contributed by atoms with Crippen LogP contribution in [0.4, 0.5) is 4.39 Å². The molecule has 8 heteroatoms. The lowest BCUT2D eigenvalue weighted by Crippen LogP contribution is -2.55. The van der Waals surface area contributed by atoms with Gasteiger partial charge in [0.25, 0.3) is 5.91 Å². The second kappa shape index (κ2) is 6.87. The molecule has 1 aliphatic carbocycles. The summed E-state index contributed by atoms with van der Waals surface area (Å²) in [5.41, 5.74) is 0.325. The van der Waals surface area contributed by atoms with Gasteiger partial charge in [-0.25, -0.2) is 13.9 Å². The molecule has 0 saturated carbocycles. The van der Waals surface area contributed by atoms with Gasteiger partial charge in [0.05, 0.1) is 6.61 Å². The lowest BCUT2D eigenvalue weighted by atomic mass is 10.0. The Labute approximate surface area is 149 Å². The van der Waals surface area contributed by atoms with Gasteiger partial charge in [-0.15, -0.1) is 0 Å². The minimum Gasteiger partial charge on any atom is -0.479 e. The number of carboxylic acids is 1. The number of hydrogen-bond acceptors (Lipinski definition) is 4. The number of para-hydroxylation sites is 1. The van der Waals surface area contributed by atoms with Gasteiger partial charge in [-0.1, -0.05) is 12.1 Å². The van der Waals surface area contributed by atoms with Crippen LogP contribution in [-0.4, -0.2) is 46.0 Å². The molecule has 0 radical (unpaired) electrons. The van der Waals surface area contributed by atoms with Crippen molar-refractivity contribution in [1.82, 2.24) is 15.1 Å². The van der Waals surface area contributed by atoms with E-state index in [1.54, 1.807) is 18.2 Å². The van der Waals surface area contributed by atoms with Crippen LogP contribution < -0.4 is 5.32 Å². The number of aliphatic carboxylic acids is 1. The van der Waals surface area contributed by atoms with Gasteiger partial charge in [0, 0.05) is 18.4 Å². The van der Waals surface area contributed by atoms with E-state index in [0.29, 0.717) is 12.8 Å². The summed E-state index contributed by atoms with van der Waals surface area (Å²) in [6, 6.07) is 6.20. The van der Waals surface area contributed by atoms with Crippen LogP contribution >= 0.6 is 0 Å². The number of rotatable bonds is 6. The molecule has 1 unspecified atom stereocenters. The summed E-state index contributed by atoms with van der Waals surface area (Å²) in [5.74, 6) is -2.26. The standard InChI is InChI=1S/C18H20FN3O4/c1-18(10-26-2,17(24)25)20-16(23)15-11-6-5-9-13(11)22(21-15)14-8-4-3-7-12(14)19/h3-4,7-8H,5-6,9-10H2,1-2H3,(H,20,23)(H,24,25). The number of nitrogens with zero attached hydrogens (tertiary/aromatic N) is 2. The zero-order chi connectivity index (χ0) is 18.9. The highest BCUT2D eigenvalue weighted by Crippen LogP contribution is 2.29. The van der Waals surface area contributed by atoms with Crippen molar-refractivity contribution in [2.24, 2.45) is 0 Å². The quantitative estimate of drug-likeness (QED) is 0.817. The molecule has 1 aliphatic rings. The Balaban J connectivity index is 1.99. The molecule has 0 saturated heterocycles. The Morgan fingerprint density at radius 2 is 2.12 bits per heavy atom. The van der Waals surface area contributed by atoms with Crippen molar-refractivity contribution < 1.29 is 23.8 Å². The zero-order valence-corrected chi connectivity index (χ0v) is 14.6. The fourth-order valence-electron chi connectivity index (χ4n) is 3.19. The molecule has 1 atom stereocenters. The monoisotopic (exact) mass is 361 g/mol. The van der Waals surface area contributed by atoms with E-state index in [1.807, 2.05) is 0 Å². The second-order valence-corrected chi connectivity index (χ2v) is 6.52. The van der Waals surface area contributed by atoms with Gasteiger partial charge in [-0.2, -0.15) is 5.10 Å². The van der Waals surface area contributed by atoms with Crippen molar-refractivity contribution in [2.75, 3.05) is 13.7 Å². The van der Waals surface area contributed by atoms with Crippen LogP contribution in [0, 0.1) is 5.82 Å². The van der Waals surface area contributed by atoms with Gasteiger partial charge in [0.15, 0.2) is 11.2 Å². The van der Waals surface area contributed by atoms with Crippen LogP contribution in [0.15, 0.2) is 24.3 Å². The van der Waals surface area contributed by atoms with Crippen LogP contribution in [0.5, 0.6) is 0 Å². The Hall–Kier alpha value is -2.74. The van der Waals surface area contributed by atoms with E-state index in [1.165, 1.54) is 24.8 Å². The number of ether oxygens (including phenoxy) is 1. The maximum Gasteiger partial charge on any atom is 0.331 e. The highest BCUT2D eigenvalue weighted by molar-refractivity contribution is 5.97. The topological polar surface area (TPSA) is 93.5 Å². The minimum absolute atomic E-state index is 0.129. The third-order valence-corrected chi connectivity index (χ3v) is 4.52. The van der Waals surface area contributed by atoms with E-state index in [-0.39, 0.29) is 18.0 Å². The van der Waals surface area contributed by atoms with E-state index in [4.69, 9.17) is 4.74 Å². The Morgan fingerprint density at radius 3 is 2.77 bits per heavy atom. The molecule has 1 aromatic carbocycles. The smallest absolute Gasteiger partial charge is 0.331 e. The molecule has 2 N–H and O–H groups in total. The van der Waals surface area contributed by atoms with E-state index in [0.717, 1.165) is 17.7 Å². The van der Waals surface area contributed by atoms with Crippen LogP contribution in [0.3, 0.4) is 0 Å². The van der Waals surface area contributed by atoms with Crippen molar-refractivity contribution in [3.8, 4) is 5.69 Å². The van der Waals surface area contributed by atoms with E-state index in [2.05, 4.69) is 10.4 Å². The van der Waals surface area contributed by atoms with Crippen molar-refractivity contribution in [3.63, 3.8) is 0 Å².